The summed E-state index contributed by atoms with van der Waals surface area (Å²) in [5.74, 6) is 0. The minimum atomic E-state index is -2.94. The highest BCUT2D eigenvalue weighted by Crippen LogP contribution is 2.49. The SMILES string of the molecule is CCCCCCCCCCOP(=O)(CCCC)OCCc1ccccc1. The van der Waals surface area contributed by atoms with Crippen molar-refractivity contribution in [2.45, 2.75) is 84.5 Å². The van der Waals surface area contributed by atoms with Gasteiger partial charge in [-0.25, -0.2) is 0 Å². The van der Waals surface area contributed by atoms with Crippen LogP contribution in [0.2, 0.25) is 0 Å². The lowest BCUT2D eigenvalue weighted by Crippen LogP contribution is -2.05. The molecule has 0 aliphatic carbocycles. The lowest BCUT2D eigenvalue weighted by molar-refractivity contribution is 0.202. The molecule has 0 spiro atoms. The van der Waals surface area contributed by atoms with E-state index in [4.69, 9.17) is 9.05 Å². The van der Waals surface area contributed by atoms with Crippen LogP contribution in [0.4, 0.5) is 0 Å². The fraction of sp³-hybridized carbons (Fsp3) is 0.727. The van der Waals surface area contributed by atoms with Gasteiger partial charge >= 0.3 is 7.60 Å². The highest BCUT2D eigenvalue weighted by Gasteiger charge is 2.23. The molecule has 0 amide bonds. The molecule has 0 aliphatic rings. The quantitative estimate of drug-likeness (QED) is 0.208. The molecule has 0 bridgehead atoms. The van der Waals surface area contributed by atoms with Crippen LogP contribution in [-0.2, 0) is 20.0 Å². The molecule has 0 fully saturated rings. The number of hydrogen-bond acceptors (Lipinski definition) is 3. The van der Waals surface area contributed by atoms with Crippen LogP contribution in [0, 0.1) is 0 Å². The van der Waals surface area contributed by atoms with Gasteiger partial charge in [0, 0.05) is 0 Å². The van der Waals surface area contributed by atoms with Crippen molar-refractivity contribution in [3.05, 3.63) is 35.9 Å². The number of unbranched alkanes of at least 4 members (excludes halogenated alkanes) is 8. The molecule has 1 aromatic carbocycles. The fourth-order valence-electron chi connectivity index (χ4n) is 2.90. The van der Waals surface area contributed by atoms with Crippen molar-refractivity contribution in [3.8, 4) is 0 Å². The largest absolute Gasteiger partial charge is 0.330 e. The van der Waals surface area contributed by atoms with Crippen LogP contribution in [0.3, 0.4) is 0 Å². The van der Waals surface area contributed by atoms with Gasteiger partial charge in [0.25, 0.3) is 0 Å². The molecular formula is C22H39O3P. The molecule has 1 aromatic rings. The van der Waals surface area contributed by atoms with E-state index in [1.165, 1.54) is 44.1 Å². The van der Waals surface area contributed by atoms with Crippen molar-refractivity contribution in [2.24, 2.45) is 0 Å². The van der Waals surface area contributed by atoms with E-state index in [0.717, 1.165) is 32.1 Å². The summed E-state index contributed by atoms with van der Waals surface area (Å²) in [6, 6.07) is 10.2. The Morgan fingerprint density at radius 1 is 0.731 bits per heavy atom. The van der Waals surface area contributed by atoms with Crippen LogP contribution < -0.4 is 0 Å². The maximum atomic E-state index is 12.9. The van der Waals surface area contributed by atoms with Gasteiger partial charge in [0.05, 0.1) is 19.4 Å². The molecule has 0 N–H and O–H groups in total. The Balaban J connectivity index is 2.21. The summed E-state index contributed by atoms with van der Waals surface area (Å²) in [6.45, 7) is 5.37. The van der Waals surface area contributed by atoms with Gasteiger partial charge in [-0.15, -0.1) is 0 Å². The van der Waals surface area contributed by atoms with Gasteiger partial charge in [-0.2, -0.15) is 0 Å². The minimum Gasteiger partial charge on any atom is -0.309 e. The third kappa shape index (κ3) is 11.9. The van der Waals surface area contributed by atoms with Crippen LogP contribution >= 0.6 is 7.60 Å². The Bertz CT molecular complexity index is 476. The van der Waals surface area contributed by atoms with Crippen LogP contribution in [-0.4, -0.2) is 19.4 Å². The molecule has 0 saturated carbocycles. The standard InChI is InChI=1S/C22H39O3P/c1-3-5-7-8-9-10-11-15-19-24-26(23,21-6-4-2)25-20-18-22-16-13-12-14-17-22/h12-14,16-17H,3-11,15,18-21H2,1-2H3. The summed E-state index contributed by atoms with van der Waals surface area (Å²) >= 11 is 0. The average Bonchev–Trinajstić information content (AvgIpc) is 2.66. The first-order valence-electron chi connectivity index (χ1n) is 10.6. The van der Waals surface area contributed by atoms with E-state index in [-0.39, 0.29) is 0 Å². The summed E-state index contributed by atoms with van der Waals surface area (Å²) in [5, 5.41) is 0. The third-order valence-corrected chi connectivity index (χ3v) is 6.61. The minimum absolute atomic E-state index is 0.461. The van der Waals surface area contributed by atoms with Crippen LogP contribution in [0.5, 0.6) is 0 Å². The molecule has 26 heavy (non-hydrogen) atoms. The van der Waals surface area contributed by atoms with E-state index >= 15 is 0 Å². The summed E-state index contributed by atoms with van der Waals surface area (Å²) < 4.78 is 24.4. The second kappa shape index (κ2) is 15.4. The van der Waals surface area contributed by atoms with Gasteiger partial charge in [0.2, 0.25) is 0 Å². The van der Waals surface area contributed by atoms with E-state index in [0.29, 0.717) is 19.4 Å². The van der Waals surface area contributed by atoms with Crippen molar-refractivity contribution < 1.29 is 13.6 Å². The molecule has 0 heterocycles. The Morgan fingerprint density at radius 2 is 1.31 bits per heavy atom. The summed E-state index contributed by atoms with van der Waals surface area (Å²) in [6.07, 6.45) is 13.2. The third-order valence-electron chi connectivity index (χ3n) is 4.59. The molecule has 0 aliphatic heterocycles. The molecular weight excluding hydrogens is 343 g/mol. The predicted octanol–water partition coefficient (Wildman–Crippen LogP) is 7.40. The van der Waals surface area contributed by atoms with Gasteiger partial charge in [-0.1, -0.05) is 95.5 Å². The Hall–Kier alpha value is -0.630. The molecule has 4 heteroatoms. The van der Waals surface area contributed by atoms with E-state index in [2.05, 4.69) is 26.0 Å². The molecule has 0 aromatic heterocycles. The topological polar surface area (TPSA) is 35.5 Å². The van der Waals surface area contributed by atoms with Gasteiger partial charge in [0.15, 0.2) is 0 Å². The summed E-state index contributed by atoms with van der Waals surface area (Å²) in [7, 11) is -2.94. The Kier molecular flexibility index (Phi) is 13.9. The second-order valence-electron chi connectivity index (χ2n) is 7.06. The highest BCUT2D eigenvalue weighted by atomic mass is 31.2. The highest BCUT2D eigenvalue weighted by molar-refractivity contribution is 7.53. The fourth-order valence-corrected chi connectivity index (χ4v) is 4.72. The van der Waals surface area contributed by atoms with E-state index in [1.807, 2.05) is 18.2 Å². The van der Waals surface area contributed by atoms with Crippen LogP contribution in [0.15, 0.2) is 30.3 Å². The first-order valence-corrected chi connectivity index (χ1v) is 12.3. The van der Waals surface area contributed by atoms with E-state index in [1.54, 1.807) is 0 Å². The maximum absolute atomic E-state index is 12.9. The molecule has 1 unspecified atom stereocenters. The molecule has 150 valence electrons. The van der Waals surface area contributed by atoms with Gasteiger partial charge in [0.1, 0.15) is 0 Å². The first kappa shape index (κ1) is 23.4. The normalized spacial score (nSPS) is 13.6. The lowest BCUT2D eigenvalue weighted by atomic mass is 10.1. The molecule has 0 radical (unpaired) electrons. The second-order valence-corrected chi connectivity index (χ2v) is 9.25. The zero-order chi connectivity index (χ0) is 18.9. The average molecular weight is 383 g/mol. The maximum Gasteiger partial charge on any atom is 0.330 e. The molecule has 3 nitrogen and oxygen atoms in total. The van der Waals surface area contributed by atoms with Crippen molar-refractivity contribution in [1.29, 1.82) is 0 Å². The monoisotopic (exact) mass is 382 g/mol. The zero-order valence-corrected chi connectivity index (χ0v) is 17.9. The summed E-state index contributed by atoms with van der Waals surface area (Å²) in [5.41, 5.74) is 1.21. The molecule has 1 atom stereocenters. The number of rotatable bonds is 17. The van der Waals surface area contributed by atoms with Crippen molar-refractivity contribution in [3.63, 3.8) is 0 Å². The summed E-state index contributed by atoms with van der Waals surface area (Å²) in [4.78, 5) is 0. The predicted molar refractivity (Wildman–Crippen MR) is 112 cm³/mol. The number of hydrogen-bond donors (Lipinski definition) is 0. The van der Waals surface area contributed by atoms with Crippen molar-refractivity contribution >= 4 is 7.60 Å². The van der Waals surface area contributed by atoms with E-state index < -0.39 is 7.60 Å². The smallest absolute Gasteiger partial charge is 0.309 e. The number of benzene rings is 1. The van der Waals surface area contributed by atoms with Crippen LogP contribution in [0.25, 0.3) is 0 Å². The van der Waals surface area contributed by atoms with E-state index in [9.17, 15) is 4.57 Å². The first-order chi connectivity index (χ1) is 12.7. The van der Waals surface area contributed by atoms with Crippen LogP contribution in [0.1, 0.15) is 83.6 Å². The van der Waals surface area contributed by atoms with Crippen molar-refractivity contribution in [2.75, 3.05) is 19.4 Å². The van der Waals surface area contributed by atoms with Gasteiger partial charge in [-0.05, 0) is 24.8 Å². The van der Waals surface area contributed by atoms with Gasteiger partial charge in [-0.3, -0.25) is 4.57 Å². The lowest BCUT2D eigenvalue weighted by Gasteiger charge is -2.18. The van der Waals surface area contributed by atoms with Crippen molar-refractivity contribution in [1.82, 2.24) is 0 Å². The Labute approximate surface area is 161 Å². The van der Waals surface area contributed by atoms with Gasteiger partial charge < -0.3 is 9.05 Å². The molecule has 1 rings (SSSR count). The molecule has 0 saturated heterocycles. The zero-order valence-electron chi connectivity index (χ0n) is 17.0. The Morgan fingerprint density at radius 3 is 1.96 bits per heavy atom.